The average Bonchev–Trinajstić information content (AvgIpc) is 3.14. The highest BCUT2D eigenvalue weighted by Crippen LogP contribution is 2.48. The van der Waals surface area contributed by atoms with Gasteiger partial charge in [-0.25, -0.2) is 13.8 Å². The maximum Gasteiger partial charge on any atom is 0.166 e. The molecule has 3 nitrogen and oxygen atoms in total. The minimum absolute atomic E-state index is 0.116. The molecule has 0 spiro atoms. The van der Waals surface area contributed by atoms with Crippen molar-refractivity contribution in [3.05, 3.63) is 52.4 Å². The number of rotatable bonds is 3. The smallest absolute Gasteiger partial charge is 0.166 e. The van der Waals surface area contributed by atoms with E-state index in [0.29, 0.717) is 23.0 Å². The van der Waals surface area contributed by atoms with Crippen molar-refractivity contribution < 1.29 is 8.78 Å². The molecule has 2 aromatic heterocycles. The summed E-state index contributed by atoms with van der Waals surface area (Å²) in [5.74, 6) is -0.743. The third kappa shape index (κ3) is 2.32. The van der Waals surface area contributed by atoms with E-state index < -0.39 is 11.4 Å². The summed E-state index contributed by atoms with van der Waals surface area (Å²) in [6.45, 7) is 0. The Morgan fingerprint density at radius 2 is 2.00 bits per heavy atom. The Bertz CT molecular complexity index is 629. The summed E-state index contributed by atoms with van der Waals surface area (Å²) in [6, 6.07) is 4.21. The molecule has 1 aliphatic carbocycles. The zero-order valence-electron chi connectivity index (χ0n) is 9.83. The van der Waals surface area contributed by atoms with Gasteiger partial charge in [-0.3, -0.25) is 4.98 Å². The maximum atomic E-state index is 13.8. The van der Waals surface area contributed by atoms with Crippen molar-refractivity contribution in [2.45, 2.75) is 18.4 Å². The second-order valence-electron chi connectivity index (χ2n) is 4.52. The molecule has 0 unspecified atom stereocenters. The first-order valence-electron chi connectivity index (χ1n) is 5.81. The molecule has 19 heavy (non-hydrogen) atoms. The molecular formula is C13H10BrF2N3. The van der Waals surface area contributed by atoms with Crippen molar-refractivity contribution in [2.24, 2.45) is 0 Å². The predicted molar refractivity (Wildman–Crippen MR) is 70.6 cm³/mol. The highest BCUT2D eigenvalue weighted by molar-refractivity contribution is 9.10. The minimum atomic E-state index is -0.632. The van der Waals surface area contributed by atoms with Gasteiger partial charge in [0.2, 0.25) is 0 Å². The molecule has 98 valence electrons. The summed E-state index contributed by atoms with van der Waals surface area (Å²) in [6.07, 6.45) is 4.44. The number of aromatic nitrogens is 2. The van der Waals surface area contributed by atoms with Crippen molar-refractivity contribution in [3.8, 4) is 0 Å². The van der Waals surface area contributed by atoms with Crippen molar-refractivity contribution in [1.82, 2.24) is 9.97 Å². The molecule has 0 saturated heterocycles. The second kappa shape index (κ2) is 4.52. The lowest BCUT2D eigenvalue weighted by Gasteiger charge is -2.18. The number of halogens is 3. The number of nitrogens with zero attached hydrogens (tertiary/aromatic N) is 2. The molecule has 3 rings (SSSR count). The Kier molecular flexibility index (Phi) is 2.97. The molecule has 6 heteroatoms. The number of hydrogen-bond acceptors (Lipinski definition) is 3. The van der Waals surface area contributed by atoms with Gasteiger partial charge in [0.15, 0.2) is 11.6 Å². The van der Waals surface area contributed by atoms with Crippen LogP contribution in [-0.4, -0.2) is 9.97 Å². The number of hydrogen-bond donors (Lipinski definition) is 1. The van der Waals surface area contributed by atoms with Crippen LogP contribution >= 0.6 is 15.9 Å². The average molecular weight is 326 g/mol. The first kappa shape index (κ1) is 12.5. The summed E-state index contributed by atoms with van der Waals surface area (Å²) in [7, 11) is 0. The Hall–Kier alpha value is -1.56. The maximum absolute atomic E-state index is 13.8. The van der Waals surface area contributed by atoms with Gasteiger partial charge in [0, 0.05) is 16.9 Å². The molecule has 0 amide bonds. The summed E-state index contributed by atoms with van der Waals surface area (Å²) < 4.78 is 28.1. The lowest BCUT2D eigenvalue weighted by molar-refractivity contribution is 0.568. The zero-order valence-corrected chi connectivity index (χ0v) is 11.4. The molecule has 0 aliphatic heterocycles. The molecule has 0 bridgehead atoms. The summed E-state index contributed by atoms with van der Waals surface area (Å²) in [5.41, 5.74) is -0.313. The van der Waals surface area contributed by atoms with Crippen LogP contribution in [0.4, 0.5) is 14.6 Å². The molecular weight excluding hydrogens is 316 g/mol. The topological polar surface area (TPSA) is 37.8 Å². The first-order chi connectivity index (χ1) is 9.11. The SMILES string of the molecule is Fc1cc(Br)cnc1NC1(c2ncccc2F)CC1. The van der Waals surface area contributed by atoms with Crippen LogP contribution in [0.15, 0.2) is 35.1 Å². The Labute approximate surface area is 117 Å². The Morgan fingerprint density at radius 1 is 1.21 bits per heavy atom. The molecule has 1 N–H and O–H groups in total. The van der Waals surface area contributed by atoms with E-state index in [0.717, 1.165) is 0 Å². The van der Waals surface area contributed by atoms with Crippen molar-refractivity contribution in [1.29, 1.82) is 0 Å². The van der Waals surface area contributed by atoms with Gasteiger partial charge in [0.25, 0.3) is 0 Å². The van der Waals surface area contributed by atoms with Gasteiger partial charge in [-0.05, 0) is 47.0 Å². The summed E-state index contributed by atoms with van der Waals surface area (Å²) in [5, 5.41) is 2.97. The van der Waals surface area contributed by atoms with Gasteiger partial charge in [-0.15, -0.1) is 0 Å². The standard InChI is InChI=1S/C13H10BrF2N3/c14-8-6-10(16)12(18-7-8)19-13(3-4-13)11-9(15)2-1-5-17-11/h1-2,5-7H,3-4H2,(H,18,19). The van der Waals surface area contributed by atoms with Crippen LogP contribution in [0.5, 0.6) is 0 Å². The van der Waals surface area contributed by atoms with Crippen LogP contribution in [0.25, 0.3) is 0 Å². The van der Waals surface area contributed by atoms with E-state index in [1.807, 2.05) is 0 Å². The van der Waals surface area contributed by atoms with Gasteiger partial charge in [0.05, 0.1) is 5.54 Å². The second-order valence-corrected chi connectivity index (χ2v) is 5.44. The molecule has 1 saturated carbocycles. The fourth-order valence-corrected chi connectivity index (χ4v) is 2.32. The fourth-order valence-electron chi connectivity index (χ4n) is 2.02. The van der Waals surface area contributed by atoms with Gasteiger partial charge in [0.1, 0.15) is 11.5 Å². The molecule has 2 aromatic rings. The van der Waals surface area contributed by atoms with E-state index >= 15 is 0 Å². The van der Waals surface area contributed by atoms with Crippen LogP contribution in [0, 0.1) is 11.6 Å². The number of pyridine rings is 2. The van der Waals surface area contributed by atoms with Crippen LogP contribution in [-0.2, 0) is 5.54 Å². The molecule has 1 fully saturated rings. The van der Waals surface area contributed by atoms with E-state index in [4.69, 9.17) is 0 Å². The van der Waals surface area contributed by atoms with Crippen molar-refractivity contribution in [2.75, 3.05) is 5.32 Å². The Balaban J connectivity index is 1.93. The fraction of sp³-hybridized carbons (Fsp3) is 0.231. The molecule has 0 atom stereocenters. The Morgan fingerprint density at radius 3 is 2.63 bits per heavy atom. The van der Waals surface area contributed by atoms with Gasteiger partial charge in [-0.2, -0.15) is 0 Å². The first-order valence-corrected chi connectivity index (χ1v) is 6.60. The van der Waals surface area contributed by atoms with E-state index in [2.05, 4.69) is 31.2 Å². The molecule has 0 aromatic carbocycles. The van der Waals surface area contributed by atoms with Crippen LogP contribution in [0.1, 0.15) is 18.5 Å². The largest absolute Gasteiger partial charge is 0.356 e. The summed E-state index contributed by atoms with van der Waals surface area (Å²) in [4.78, 5) is 8.03. The highest BCUT2D eigenvalue weighted by atomic mass is 79.9. The van der Waals surface area contributed by atoms with Crippen LogP contribution in [0.2, 0.25) is 0 Å². The highest BCUT2D eigenvalue weighted by Gasteiger charge is 2.48. The lowest BCUT2D eigenvalue weighted by Crippen LogP contribution is -2.23. The quantitative estimate of drug-likeness (QED) is 0.936. The van der Waals surface area contributed by atoms with E-state index in [9.17, 15) is 8.78 Å². The van der Waals surface area contributed by atoms with Crippen molar-refractivity contribution >= 4 is 21.7 Å². The van der Waals surface area contributed by atoms with E-state index in [1.54, 1.807) is 0 Å². The van der Waals surface area contributed by atoms with Gasteiger partial charge in [-0.1, -0.05) is 0 Å². The lowest BCUT2D eigenvalue weighted by atomic mass is 10.1. The third-order valence-corrected chi connectivity index (χ3v) is 3.56. The predicted octanol–water partition coefficient (Wildman–Crippen LogP) is 3.62. The van der Waals surface area contributed by atoms with E-state index in [-0.39, 0.29) is 11.6 Å². The number of anilines is 1. The third-order valence-electron chi connectivity index (χ3n) is 3.13. The van der Waals surface area contributed by atoms with Crippen LogP contribution < -0.4 is 5.32 Å². The minimum Gasteiger partial charge on any atom is -0.356 e. The zero-order chi connectivity index (χ0) is 13.5. The van der Waals surface area contributed by atoms with Crippen molar-refractivity contribution in [3.63, 3.8) is 0 Å². The van der Waals surface area contributed by atoms with E-state index in [1.165, 1.54) is 30.6 Å². The normalized spacial score (nSPS) is 16.2. The molecule has 0 radical (unpaired) electrons. The van der Waals surface area contributed by atoms with Gasteiger partial charge < -0.3 is 5.32 Å². The monoisotopic (exact) mass is 325 g/mol. The summed E-state index contributed by atoms with van der Waals surface area (Å²) >= 11 is 3.15. The molecule has 1 aliphatic rings. The van der Waals surface area contributed by atoms with Crippen LogP contribution in [0.3, 0.4) is 0 Å². The number of nitrogens with one attached hydrogen (secondary N) is 1. The van der Waals surface area contributed by atoms with Gasteiger partial charge >= 0.3 is 0 Å². The molecule has 2 heterocycles.